The average Bonchev–Trinajstić information content (AvgIpc) is 2.53. The molecule has 0 amide bonds. The minimum atomic E-state index is 0.374. The second kappa shape index (κ2) is 6.46. The largest absolute Gasteiger partial charge is 0.488 e. The number of nitrogens with zero attached hydrogens (tertiary/aromatic N) is 1. The molecule has 0 saturated carbocycles. The molecular weight excluding hydrogens is 350 g/mol. The fourth-order valence-corrected chi connectivity index (χ4v) is 2.53. The minimum absolute atomic E-state index is 0.374. The Morgan fingerprint density at radius 1 is 1.05 bits per heavy atom. The third kappa shape index (κ3) is 3.36. The monoisotopic (exact) mass is 361 g/mol. The van der Waals surface area contributed by atoms with Crippen molar-refractivity contribution in [2.24, 2.45) is 0 Å². The smallest absolute Gasteiger partial charge is 0.131 e. The van der Waals surface area contributed by atoms with Crippen molar-refractivity contribution in [1.29, 1.82) is 0 Å². The van der Waals surface area contributed by atoms with Crippen LogP contribution in [0.15, 0.2) is 59.1 Å². The highest BCUT2D eigenvalue weighted by atomic mass is 79.9. The van der Waals surface area contributed by atoms with Crippen LogP contribution in [0.3, 0.4) is 0 Å². The van der Waals surface area contributed by atoms with E-state index in [9.17, 15) is 0 Å². The molecule has 4 heteroatoms. The molecule has 0 aliphatic rings. The molecular formula is C17H13BrClNO. The Morgan fingerprint density at radius 3 is 2.57 bits per heavy atom. The molecule has 3 aromatic rings. The Bertz CT molecular complexity index is 758. The van der Waals surface area contributed by atoms with Crippen LogP contribution in [-0.2, 0) is 12.5 Å². The summed E-state index contributed by atoms with van der Waals surface area (Å²) in [5.74, 6) is 1.19. The maximum absolute atomic E-state index is 5.97. The summed E-state index contributed by atoms with van der Waals surface area (Å²) >= 11 is 9.34. The number of hydrogen-bond acceptors (Lipinski definition) is 2. The van der Waals surface area contributed by atoms with Gasteiger partial charge in [0.2, 0.25) is 0 Å². The molecule has 0 atom stereocenters. The van der Waals surface area contributed by atoms with Crippen LogP contribution in [0.5, 0.6) is 5.75 Å². The molecule has 0 N–H and O–H groups in total. The minimum Gasteiger partial charge on any atom is -0.488 e. The van der Waals surface area contributed by atoms with Crippen molar-refractivity contribution in [3.63, 3.8) is 0 Å². The van der Waals surface area contributed by atoms with Crippen molar-refractivity contribution in [2.45, 2.75) is 12.5 Å². The molecule has 1 heterocycles. The number of hydrogen-bond donors (Lipinski definition) is 0. The van der Waals surface area contributed by atoms with E-state index in [2.05, 4.69) is 20.9 Å². The van der Waals surface area contributed by atoms with Gasteiger partial charge in [0.05, 0.1) is 17.1 Å². The predicted octanol–water partition coefficient (Wildman–Crippen LogP) is 5.32. The number of benzene rings is 2. The number of ether oxygens (including phenoxy) is 1. The number of alkyl halides is 1. The molecule has 3 rings (SSSR count). The third-order valence-electron chi connectivity index (χ3n) is 3.18. The van der Waals surface area contributed by atoms with E-state index >= 15 is 0 Å². The van der Waals surface area contributed by atoms with Gasteiger partial charge < -0.3 is 4.74 Å². The van der Waals surface area contributed by atoms with Crippen molar-refractivity contribution in [1.82, 2.24) is 4.98 Å². The van der Waals surface area contributed by atoms with Gasteiger partial charge in [-0.3, -0.25) is 4.98 Å². The van der Waals surface area contributed by atoms with Crippen molar-refractivity contribution >= 4 is 38.4 Å². The van der Waals surface area contributed by atoms with Crippen LogP contribution in [0.4, 0.5) is 0 Å². The van der Waals surface area contributed by atoms with E-state index in [-0.39, 0.29) is 0 Å². The Kier molecular flexibility index (Phi) is 4.42. The molecule has 2 aromatic carbocycles. The Morgan fingerprint density at radius 2 is 1.81 bits per heavy atom. The summed E-state index contributed by atoms with van der Waals surface area (Å²) in [7, 11) is 0. The Labute approximate surface area is 136 Å². The zero-order valence-corrected chi connectivity index (χ0v) is 13.6. The molecule has 1 aromatic heterocycles. The van der Waals surface area contributed by atoms with Crippen LogP contribution in [0.2, 0.25) is 0 Å². The van der Waals surface area contributed by atoms with Crippen molar-refractivity contribution < 1.29 is 4.74 Å². The lowest BCUT2D eigenvalue weighted by atomic mass is 10.2. The van der Waals surface area contributed by atoms with E-state index in [0.29, 0.717) is 12.5 Å². The number of rotatable bonds is 4. The topological polar surface area (TPSA) is 22.1 Å². The van der Waals surface area contributed by atoms with Crippen molar-refractivity contribution in [3.8, 4) is 5.75 Å². The molecule has 106 valence electrons. The van der Waals surface area contributed by atoms with Gasteiger partial charge in [-0.25, -0.2) is 0 Å². The summed E-state index contributed by atoms with van der Waals surface area (Å²) in [6, 6.07) is 17.9. The summed E-state index contributed by atoms with van der Waals surface area (Å²) in [6.45, 7) is 0.517. The fourth-order valence-electron chi connectivity index (χ4n) is 2.13. The highest BCUT2D eigenvalue weighted by Gasteiger charge is 2.06. The lowest BCUT2D eigenvalue weighted by molar-refractivity contribution is 0.309. The van der Waals surface area contributed by atoms with E-state index in [4.69, 9.17) is 16.3 Å². The van der Waals surface area contributed by atoms with Crippen LogP contribution >= 0.6 is 27.5 Å². The molecule has 0 radical (unpaired) electrons. The number of aromatic nitrogens is 1. The quantitative estimate of drug-likeness (QED) is 0.586. The molecule has 0 saturated heterocycles. The summed E-state index contributed by atoms with van der Waals surface area (Å²) in [6.07, 6.45) is 0. The van der Waals surface area contributed by atoms with Gasteiger partial charge >= 0.3 is 0 Å². The van der Waals surface area contributed by atoms with Crippen LogP contribution < -0.4 is 4.74 Å². The molecule has 0 aliphatic carbocycles. The maximum atomic E-state index is 5.97. The van der Waals surface area contributed by atoms with Gasteiger partial charge in [0.15, 0.2) is 0 Å². The normalized spacial score (nSPS) is 10.8. The summed E-state index contributed by atoms with van der Waals surface area (Å²) in [5.41, 5.74) is 2.84. The van der Waals surface area contributed by atoms with E-state index < -0.39 is 0 Å². The fraction of sp³-hybridized carbons (Fsp3) is 0.118. The van der Waals surface area contributed by atoms with Gasteiger partial charge in [0.25, 0.3) is 0 Å². The van der Waals surface area contributed by atoms with Crippen LogP contribution in [0.1, 0.15) is 11.3 Å². The van der Waals surface area contributed by atoms with Gasteiger partial charge in [-0.15, -0.1) is 11.6 Å². The van der Waals surface area contributed by atoms with Crippen LogP contribution in [0.25, 0.3) is 10.9 Å². The van der Waals surface area contributed by atoms with Crippen molar-refractivity contribution in [2.75, 3.05) is 0 Å². The lowest BCUT2D eigenvalue weighted by Crippen LogP contribution is -1.98. The number of para-hydroxylation sites is 1. The molecule has 0 bridgehead atoms. The Hall–Kier alpha value is -1.58. The zero-order valence-electron chi connectivity index (χ0n) is 11.2. The molecule has 0 spiro atoms. The second-order valence-corrected chi connectivity index (χ2v) is 5.86. The summed E-state index contributed by atoms with van der Waals surface area (Å²) < 4.78 is 7.03. The zero-order chi connectivity index (χ0) is 14.7. The predicted molar refractivity (Wildman–Crippen MR) is 89.8 cm³/mol. The standard InChI is InChI=1S/C17H13BrClNO/c18-13-7-5-12(6-8-13)11-21-17-9-14(10-19)20-16-4-2-1-3-15(16)17/h1-9H,10-11H2. The molecule has 0 unspecified atom stereocenters. The first kappa shape index (κ1) is 14.4. The molecule has 0 fully saturated rings. The van der Waals surface area contributed by atoms with E-state index in [0.717, 1.165) is 32.4 Å². The highest BCUT2D eigenvalue weighted by Crippen LogP contribution is 2.27. The lowest BCUT2D eigenvalue weighted by Gasteiger charge is -2.11. The Balaban J connectivity index is 1.90. The highest BCUT2D eigenvalue weighted by molar-refractivity contribution is 9.10. The summed E-state index contributed by atoms with van der Waals surface area (Å²) in [4.78, 5) is 4.50. The molecule has 0 aliphatic heterocycles. The van der Waals surface area contributed by atoms with Crippen molar-refractivity contribution in [3.05, 3.63) is 70.3 Å². The van der Waals surface area contributed by atoms with E-state index in [1.165, 1.54) is 0 Å². The summed E-state index contributed by atoms with van der Waals surface area (Å²) in [5, 5.41) is 1.00. The van der Waals surface area contributed by atoms with Gasteiger partial charge in [-0.2, -0.15) is 0 Å². The van der Waals surface area contributed by atoms with Gasteiger partial charge in [-0.1, -0.05) is 40.2 Å². The van der Waals surface area contributed by atoms with Gasteiger partial charge in [0, 0.05) is 15.9 Å². The number of halogens is 2. The van der Waals surface area contributed by atoms with Gasteiger partial charge in [0.1, 0.15) is 12.4 Å². The number of pyridine rings is 1. The van der Waals surface area contributed by atoms with Gasteiger partial charge in [-0.05, 0) is 29.8 Å². The molecule has 21 heavy (non-hydrogen) atoms. The van der Waals surface area contributed by atoms with Crippen LogP contribution in [0, 0.1) is 0 Å². The van der Waals surface area contributed by atoms with E-state index in [1.54, 1.807) is 0 Å². The first-order valence-corrected chi connectivity index (χ1v) is 7.91. The second-order valence-electron chi connectivity index (χ2n) is 4.68. The number of fused-ring (bicyclic) bond motifs is 1. The first-order chi connectivity index (χ1) is 10.3. The maximum Gasteiger partial charge on any atom is 0.131 e. The average molecular weight is 363 g/mol. The molecule has 2 nitrogen and oxygen atoms in total. The van der Waals surface area contributed by atoms with E-state index in [1.807, 2.05) is 54.6 Å². The first-order valence-electron chi connectivity index (χ1n) is 6.58. The third-order valence-corrected chi connectivity index (χ3v) is 3.98. The van der Waals surface area contributed by atoms with Crippen LogP contribution in [-0.4, -0.2) is 4.98 Å². The SMILES string of the molecule is ClCc1cc(OCc2ccc(Br)cc2)c2ccccc2n1.